The fourth-order valence-electron chi connectivity index (χ4n) is 16.3. The summed E-state index contributed by atoms with van der Waals surface area (Å²) in [6.07, 6.45) is 0. The second-order valence-corrected chi connectivity index (χ2v) is 25.3. The lowest BCUT2D eigenvalue weighted by atomic mass is 9.90. The van der Waals surface area contributed by atoms with E-state index in [0.717, 1.165) is 141 Å². The van der Waals surface area contributed by atoms with E-state index in [1.54, 1.807) is 6.07 Å². The molecule has 0 amide bonds. The summed E-state index contributed by atoms with van der Waals surface area (Å²) in [5.41, 5.74) is 10.7. The Morgan fingerprint density at radius 1 is 0.248 bits per heavy atom. The molecule has 0 saturated heterocycles. The van der Waals surface area contributed by atoms with Gasteiger partial charge in [-0.2, -0.15) is 5.26 Å². The smallest absolute Gasteiger partial charge is 0.203 e. The van der Waals surface area contributed by atoms with Crippen LogP contribution in [0.2, 0.25) is 0 Å². The number of benzene rings is 15. The molecule has 21 aromatic rings. The molecule has 6 aromatic heterocycles. The van der Waals surface area contributed by atoms with Gasteiger partial charge in [0.2, 0.25) is 17.1 Å². The van der Waals surface area contributed by atoms with Crippen molar-refractivity contribution in [2.75, 3.05) is 0 Å². The van der Waals surface area contributed by atoms with Crippen molar-refractivity contribution in [1.82, 2.24) is 28.2 Å². The minimum Gasteiger partial charge on any atom is -0.294 e. The van der Waals surface area contributed by atoms with Gasteiger partial charge in [0.15, 0.2) is 28.4 Å². The van der Waals surface area contributed by atoms with Crippen molar-refractivity contribution in [3.63, 3.8) is 0 Å². The van der Waals surface area contributed by atoms with Crippen LogP contribution in [-0.4, -0.2) is 28.2 Å². The molecule has 474 valence electrons. The van der Waals surface area contributed by atoms with Crippen LogP contribution < -0.4 is 0 Å². The third-order valence-corrected chi connectivity index (χ3v) is 20.4. The van der Waals surface area contributed by atoms with Gasteiger partial charge in [0.25, 0.3) is 0 Å². The van der Waals surface area contributed by atoms with Crippen molar-refractivity contribution in [1.29, 1.82) is 5.26 Å². The summed E-state index contributed by atoms with van der Waals surface area (Å²) in [6, 6.07) is 80.6. The maximum atomic E-state index is 10.3. The molecule has 0 N–H and O–H groups in total. The van der Waals surface area contributed by atoms with E-state index in [9.17, 15) is 5.26 Å². The van der Waals surface area contributed by atoms with Gasteiger partial charge < -0.3 is 0 Å². The molecule has 6 heterocycles. The van der Waals surface area contributed by atoms with Crippen molar-refractivity contribution in [3.8, 4) is 6.07 Å². The molecular formula is C90H39N15. The largest absolute Gasteiger partial charge is 0.294 e. The lowest BCUT2D eigenvalue weighted by molar-refractivity contribution is 1.31. The van der Waals surface area contributed by atoms with Crippen LogP contribution in [0.15, 0.2) is 237 Å². The zero-order chi connectivity index (χ0) is 71.0. The van der Waals surface area contributed by atoms with E-state index in [2.05, 4.69) is 134 Å². The van der Waals surface area contributed by atoms with Gasteiger partial charge >= 0.3 is 0 Å². The molecular weight excluding hydrogens is 1290 g/mol. The first-order chi connectivity index (χ1) is 51.8. The van der Waals surface area contributed by atoms with Crippen LogP contribution >= 0.6 is 0 Å². The van der Waals surface area contributed by atoms with E-state index in [4.69, 9.17) is 67.5 Å². The maximum Gasteiger partial charge on any atom is 0.203 e. The summed E-state index contributed by atoms with van der Waals surface area (Å²) in [6.45, 7) is 62.7. The molecule has 0 fully saturated rings. The van der Waals surface area contributed by atoms with E-state index in [1.165, 1.54) is 10.8 Å². The highest BCUT2D eigenvalue weighted by Crippen LogP contribution is 2.55. The van der Waals surface area contributed by atoms with Crippen LogP contribution in [0.25, 0.3) is 218 Å². The Morgan fingerprint density at radius 3 is 0.971 bits per heavy atom. The first-order valence-corrected chi connectivity index (χ1v) is 33.1. The highest BCUT2D eigenvalue weighted by molar-refractivity contribution is 6.40. The highest BCUT2D eigenvalue weighted by Gasteiger charge is 2.30. The predicted molar refractivity (Wildman–Crippen MR) is 423 cm³/mol. The molecule has 0 atom stereocenters. The number of hydrogen-bond acceptors (Lipinski definition) is 4. The van der Waals surface area contributed by atoms with Crippen LogP contribution in [-0.2, 0) is 0 Å². The molecule has 0 bridgehead atoms. The average molecular weight is 1330 g/mol. The number of pyridine rings is 3. The van der Waals surface area contributed by atoms with E-state index in [0.29, 0.717) is 38.8 Å². The number of imidazole rings is 3. The Morgan fingerprint density at radius 2 is 0.562 bits per heavy atom. The Kier molecular flexibility index (Phi) is 13.1. The number of rotatable bonds is 0. The van der Waals surface area contributed by atoms with Crippen LogP contribution in [0, 0.1) is 63.9 Å². The van der Waals surface area contributed by atoms with Gasteiger partial charge in [-0.1, -0.05) is 188 Å². The first-order valence-electron chi connectivity index (χ1n) is 33.1. The Bertz CT molecular complexity index is 8110. The van der Waals surface area contributed by atoms with E-state index >= 15 is 0 Å². The fourth-order valence-corrected chi connectivity index (χ4v) is 16.3. The molecule has 0 aliphatic carbocycles. The molecule has 0 aliphatic rings. The van der Waals surface area contributed by atoms with Gasteiger partial charge in [-0.25, -0.2) is 15.0 Å². The molecule has 15 nitrogen and oxygen atoms in total. The second kappa shape index (κ2) is 22.9. The van der Waals surface area contributed by atoms with Crippen LogP contribution in [0.4, 0.5) is 45.5 Å². The summed E-state index contributed by atoms with van der Waals surface area (Å²) in [4.78, 5) is 44.6. The molecule has 15 heteroatoms. The normalized spacial score (nSPS) is 11.3. The average Bonchev–Trinajstić information content (AvgIpc) is 1.68. The van der Waals surface area contributed by atoms with E-state index < -0.39 is 0 Å². The van der Waals surface area contributed by atoms with Gasteiger partial charge in [0, 0.05) is 43.5 Å². The number of aromatic nitrogens is 6. The molecule has 0 unspecified atom stereocenters. The molecule has 105 heavy (non-hydrogen) atoms. The summed E-state index contributed by atoms with van der Waals surface area (Å²) in [5, 5.41) is 30.8. The lowest BCUT2D eigenvalue weighted by Gasteiger charge is -2.18. The summed E-state index contributed by atoms with van der Waals surface area (Å²) < 4.78 is 6.09. The SMILES string of the molecule is [C-]#[N+]c1c([N+]#[C-])c(C#N)c2c(c1[N+]#[C-])c1c3ccccc3c3ccccc3c1c1nc3ccccc3n12.[C-]#[N+]c1cc2c(c([N+]#[C-])c1[N+]#[C-])c1c3ccccc3c3ccccc3c1c1nc3ccccc3n21.[C-]#[N+]c1cc2c3c4ccccc4c4ccccc4c3c3nc4ccccc4n3c2cc1[N+]#[C-]. The molecule has 15 aromatic carbocycles. The Hall–Kier alpha value is -16.3. The van der Waals surface area contributed by atoms with Gasteiger partial charge in [-0.3, -0.25) is 52.0 Å². The quantitative estimate of drug-likeness (QED) is 0.111. The molecule has 0 saturated carbocycles. The van der Waals surface area contributed by atoms with Crippen LogP contribution in [0.1, 0.15) is 5.56 Å². The van der Waals surface area contributed by atoms with Gasteiger partial charge in [0.05, 0.1) is 97.3 Å². The van der Waals surface area contributed by atoms with E-state index in [1.807, 2.05) is 154 Å². The molecule has 0 aliphatic heterocycles. The molecule has 21 rings (SSSR count). The standard InChI is InChI=1S/C31H12N6.C30H13N5.C29H14N4/c1-33-27-21(16-32)30-26(28(34-2)29(27)35-3)24-19-12-6-4-10-17(19)18-11-5-7-13-20(18)25(24)31-36-22-14-8-9-15-23(22)37(30)31;1-31-22-16-24-27(29(33-3)28(22)32-2)25-19-12-6-4-10-17(19)18-11-5-7-13-20(18)26(25)30-34-21-14-8-9-15-23(21)35(24)30;1-30-23-15-21-26(16-24(23)31-2)33-25-14-8-7-13-22(25)32-29(33)28-20-12-6-4-10-18(20)17-9-3-5-11-19(17)27(21)28/h4-15H;4-16H;3-16H. The third-order valence-electron chi connectivity index (χ3n) is 20.4. The van der Waals surface area contributed by atoms with Crippen molar-refractivity contribution < 1.29 is 0 Å². The monoisotopic (exact) mass is 1330 g/mol. The zero-order valence-electron chi connectivity index (χ0n) is 54.7. The lowest BCUT2D eigenvalue weighted by Crippen LogP contribution is -1.97. The predicted octanol–water partition coefficient (Wildman–Crippen LogP) is 25.6. The van der Waals surface area contributed by atoms with Crippen molar-refractivity contribution in [3.05, 3.63) is 333 Å². The topological polar surface area (TPSA) is 111 Å². The fraction of sp³-hybridized carbons (Fsp3) is 0. The number of hydrogen-bond donors (Lipinski definition) is 0. The summed E-state index contributed by atoms with van der Waals surface area (Å²) in [5.74, 6) is 0. The Labute approximate surface area is 594 Å². The number of nitriles is 1. The summed E-state index contributed by atoms with van der Waals surface area (Å²) in [7, 11) is 0. The zero-order valence-corrected chi connectivity index (χ0v) is 54.7. The van der Waals surface area contributed by atoms with Gasteiger partial charge in [-0.15, -0.1) is 0 Å². The van der Waals surface area contributed by atoms with Crippen LogP contribution in [0.3, 0.4) is 0 Å². The van der Waals surface area contributed by atoms with Crippen molar-refractivity contribution >= 4 is 225 Å². The Balaban J connectivity index is 0.000000108. The van der Waals surface area contributed by atoms with Crippen molar-refractivity contribution in [2.45, 2.75) is 0 Å². The summed E-state index contributed by atoms with van der Waals surface area (Å²) >= 11 is 0. The number of nitrogens with zero attached hydrogens (tertiary/aromatic N) is 15. The first kappa shape index (κ1) is 59.9. The second-order valence-electron chi connectivity index (χ2n) is 25.3. The third kappa shape index (κ3) is 8.17. The number of fused-ring (bicyclic) bond motifs is 39. The minimum atomic E-state index is -0.0977. The van der Waals surface area contributed by atoms with Gasteiger partial charge in [-0.05, 0) is 135 Å². The van der Waals surface area contributed by atoms with Crippen molar-refractivity contribution in [2.24, 2.45) is 0 Å². The molecule has 0 spiro atoms. The maximum absolute atomic E-state index is 10.3. The highest BCUT2D eigenvalue weighted by atomic mass is 15.0. The number of para-hydroxylation sites is 6. The van der Waals surface area contributed by atoms with E-state index in [-0.39, 0.29) is 39.7 Å². The van der Waals surface area contributed by atoms with Crippen LogP contribution in [0.5, 0.6) is 0 Å². The minimum absolute atomic E-state index is 0.0793. The molecule has 0 radical (unpaired) electrons. The van der Waals surface area contributed by atoms with Gasteiger partial charge in [0.1, 0.15) is 16.9 Å².